The molecule has 1 unspecified atom stereocenters. The molecule has 28 heavy (non-hydrogen) atoms. The second-order valence-corrected chi connectivity index (χ2v) is 11.0. The molecule has 0 fully saturated rings. The minimum Gasteiger partial charge on any atom is -0.302 e. The van der Waals surface area contributed by atoms with Gasteiger partial charge in [-0.1, -0.05) is 39.4 Å². The van der Waals surface area contributed by atoms with Crippen molar-refractivity contribution in [2.75, 3.05) is 17.3 Å². The summed E-state index contributed by atoms with van der Waals surface area (Å²) >= 11 is 4.79. The Morgan fingerprint density at radius 2 is 2.11 bits per heavy atom. The number of benzene rings is 1. The highest BCUT2D eigenvalue weighted by Gasteiger charge is 2.22. The molecule has 1 aromatic carbocycles. The maximum Gasteiger partial charge on any atom is 0.229 e. The number of carbonyl (C=O) groups excluding carboxylic acids is 1. The third-order valence-electron chi connectivity index (χ3n) is 4.19. The number of fused-ring (bicyclic) bond motifs is 1. The smallest absolute Gasteiger partial charge is 0.229 e. The predicted octanol–water partition coefficient (Wildman–Crippen LogP) is 3.99. The lowest BCUT2D eigenvalue weighted by molar-refractivity contribution is -0.119. The van der Waals surface area contributed by atoms with Crippen LogP contribution in [-0.2, 0) is 21.1 Å². The van der Waals surface area contributed by atoms with E-state index >= 15 is 0 Å². The van der Waals surface area contributed by atoms with Gasteiger partial charge < -0.3 is 5.32 Å². The quantitative estimate of drug-likeness (QED) is 0.550. The minimum atomic E-state index is -3.16. The van der Waals surface area contributed by atoms with E-state index in [1.807, 2.05) is 37.3 Å². The molecule has 6 nitrogen and oxygen atoms in total. The van der Waals surface area contributed by atoms with Crippen LogP contribution in [0.2, 0.25) is 0 Å². The molecule has 148 valence electrons. The summed E-state index contributed by atoms with van der Waals surface area (Å²) in [6, 6.07) is 9.64. The van der Waals surface area contributed by atoms with Gasteiger partial charge in [0.15, 0.2) is 10.8 Å². The summed E-state index contributed by atoms with van der Waals surface area (Å²) in [5.74, 6) is -0.759. The van der Waals surface area contributed by atoms with E-state index in [0.29, 0.717) is 17.2 Å². The van der Waals surface area contributed by atoms with Crippen LogP contribution >= 0.6 is 27.3 Å². The zero-order valence-corrected chi connectivity index (χ0v) is 18.7. The average molecular weight is 482 g/mol. The summed E-state index contributed by atoms with van der Waals surface area (Å²) in [7, 11) is -3.16. The Hall–Kier alpha value is -1.84. The zero-order valence-electron chi connectivity index (χ0n) is 15.5. The Labute approximate surface area is 176 Å². The number of rotatable bonds is 7. The number of carbonyl (C=O) groups is 1. The number of halogens is 1. The van der Waals surface area contributed by atoms with E-state index in [0.717, 1.165) is 20.3 Å². The molecule has 9 heteroatoms. The van der Waals surface area contributed by atoms with Crippen LogP contribution in [0.15, 0.2) is 41.0 Å². The van der Waals surface area contributed by atoms with Crippen molar-refractivity contribution < 1.29 is 13.2 Å². The third-order valence-corrected chi connectivity index (χ3v) is 6.57. The van der Waals surface area contributed by atoms with E-state index in [4.69, 9.17) is 0 Å². The predicted molar refractivity (Wildman–Crippen MR) is 116 cm³/mol. The number of nitrogens with one attached hydrogen (secondary N) is 1. The molecule has 0 aliphatic rings. The van der Waals surface area contributed by atoms with Gasteiger partial charge in [-0.25, -0.2) is 13.4 Å². The number of anilines is 1. The van der Waals surface area contributed by atoms with E-state index in [1.54, 1.807) is 6.20 Å². The van der Waals surface area contributed by atoms with Crippen LogP contribution < -0.4 is 5.32 Å². The molecular weight excluding hydrogens is 462 g/mol. The Morgan fingerprint density at radius 3 is 2.82 bits per heavy atom. The van der Waals surface area contributed by atoms with Crippen molar-refractivity contribution in [2.24, 2.45) is 5.92 Å². The van der Waals surface area contributed by atoms with E-state index in [2.05, 4.69) is 31.2 Å². The van der Waals surface area contributed by atoms with Gasteiger partial charge in [0.1, 0.15) is 9.84 Å². The van der Waals surface area contributed by atoms with Gasteiger partial charge in [0.25, 0.3) is 0 Å². The van der Waals surface area contributed by atoms with Crippen LogP contribution in [0.25, 0.3) is 10.3 Å². The Morgan fingerprint density at radius 1 is 1.32 bits per heavy atom. The summed E-state index contributed by atoms with van der Waals surface area (Å²) in [5, 5.41) is 3.31. The maximum atomic E-state index is 12.9. The van der Waals surface area contributed by atoms with Gasteiger partial charge in [-0.05, 0) is 49.1 Å². The molecule has 3 rings (SSSR count). The molecule has 0 aliphatic carbocycles. The van der Waals surface area contributed by atoms with Gasteiger partial charge in [-0.2, -0.15) is 4.98 Å². The summed E-state index contributed by atoms with van der Waals surface area (Å²) in [4.78, 5) is 21.5. The monoisotopic (exact) mass is 481 g/mol. The van der Waals surface area contributed by atoms with Crippen LogP contribution in [0.4, 0.5) is 5.13 Å². The number of hydrogen-bond donors (Lipinski definition) is 1. The van der Waals surface area contributed by atoms with Crippen LogP contribution in [0.1, 0.15) is 17.5 Å². The number of thiazole rings is 1. The zero-order chi connectivity index (χ0) is 20.3. The number of amides is 1. The van der Waals surface area contributed by atoms with E-state index in [9.17, 15) is 13.2 Å². The Kier molecular flexibility index (Phi) is 6.47. The highest BCUT2D eigenvalue weighted by atomic mass is 79.9. The highest BCUT2D eigenvalue weighted by molar-refractivity contribution is 9.10. The fraction of sp³-hybridized carbons (Fsp3) is 0.316. The van der Waals surface area contributed by atoms with Crippen molar-refractivity contribution in [3.05, 3.63) is 52.1 Å². The molecule has 2 aromatic heterocycles. The van der Waals surface area contributed by atoms with Gasteiger partial charge in [0.05, 0.1) is 10.5 Å². The fourth-order valence-electron chi connectivity index (χ4n) is 2.81. The lowest BCUT2D eigenvalue weighted by Crippen LogP contribution is -2.26. The minimum absolute atomic E-state index is 0.0420. The van der Waals surface area contributed by atoms with Crippen LogP contribution in [0.3, 0.4) is 0 Å². The van der Waals surface area contributed by atoms with E-state index in [-0.39, 0.29) is 18.1 Å². The molecular formula is C19H20BrN3O3S2. The molecule has 0 saturated heterocycles. The van der Waals surface area contributed by atoms with Crippen molar-refractivity contribution in [2.45, 2.75) is 19.8 Å². The molecule has 1 atom stereocenters. The molecule has 1 amide bonds. The summed E-state index contributed by atoms with van der Waals surface area (Å²) in [6.45, 7) is 1.95. The normalized spacial score (nSPS) is 12.8. The third kappa shape index (κ3) is 5.83. The average Bonchev–Trinajstić information content (AvgIpc) is 2.99. The van der Waals surface area contributed by atoms with Crippen molar-refractivity contribution in [1.82, 2.24) is 9.97 Å². The number of hydrogen-bond acceptors (Lipinski definition) is 6. The highest BCUT2D eigenvalue weighted by Crippen LogP contribution is 2.26. The summed E-state index contributed by atoms with van der Waals surface area (Å²) in [5.41, 5.74) is 2.57. The molecule has 2 heterocycles. The molecule has 3 aromatic rings. The lowest BCUT2D eigenvalue weighted by Gasteiger charge is -2.16. The molecule has 0 aliphatic heterocycles. The number of aromatic nitrogens is 2. The number of pyridine rings is 1. The molecule has 0 spiro atoms. The van der Waals surface area contributed by atoms with Gasteiger partial charge >= 0.3 is 0 Å². The molecule has 1 N–H and O–H groups in total. The van der Waals surface area contributed by atoms with Crippen molar-refractivity contribution >= 4 is 58.5 Å². The van der Waals surface area contributed by atoms with Gasteiger partial charge in [-0.3, -0.25) is 4.79 Å². The van der Waals surface area contributed by atoms with Gasteiger partial charge in [0.2, 0.25) is 5.91 Å². The summed E-state index contributed by atoms with van der Waals surface area (Å²) < 4.78 is 25.0. The fourth-order valence-corrected chi connectivity index (χ4v) is 4.89. The van der Waals surface area contributed by atoms with Crippen LogP contribution in [0, 0.1) is 12.8 Å². The first-order valence-electron chi connectivity index (χ1n) is 8.66. The van der Waals surface area contributed by atoms with E-state index < -0.39 is 15.8 Å². The van der Waals surface area contributed by atoms with Gasteiger partial charge in [0, 0.05) is 22.8 Å². The number of sulfone groups is 1. The first-order chi connectivity index (χ1) is 13.2. The van der Waals surface area contributed by atoms with Crippen LogP contribution in [0.5, 0.6) is 0 Å². The Balaban J connectivity index is 1.79. The topological polar surface area (TPSA) is 89.0 Å². The Bertz CT molecular complexity index is 1110. The molecule has 0 saturated carbocycles. The SMILES string of the molecule is Cc1cnc2nc(NC(=O)C(CCS(C)(=O)=O)Cc3cccc(Br)c3)sc2c1. The second-order valence-electron chi connectivity index (χ2n) is 6.79. The van der Waals surface area contributed by atoms with Gasteiger partial charge in [-0.15, -0.1) is 0 Å². The number of nitrogens with zero attached hydrogens (tertiary/aromatic N) is 2. The van der Waals surface area contributed by atoms with Crippen molar-refractivity contribution in [3.8, 4) is 0 Å². The largest absolute Gasteiger partial charge is 0.302 e. The lowest BCUT2D eigenvalue weighted by atomic mass is 9.96. The molecule has 0 radical (unpaired) electrons. The standard InChI is InChI=1S/C19H20BrN3O3S2/c1-12-8-16-17(21-11-12)22-19(27-16)23-18(24)14(6-7-28(2,25)26)9-13-4-3-5-15(20)10-13/h3-5,8,10-11,14H,6-7,9H2,1-2H3,(H,21,22,23,24). The van der Waals surface area contributed by atoms with Crippen molar-refractivity contribution in [1.29, 1.82) is 0 Å². The van der Waals surface area contributed by atoms with Crippen molar-refractivity contribution in [3.63, 3.8) is 0 Å². The first kappa shape index (κ1) is 20.9. The molecule has 0 bridgehead atoms. The first-order valence-corrected chi connectivity index (χ1v) is 12.3. The van der Waals surface area contributed by atoms with Crippen LogP contribution in [-0.4, -0.2) is 36.3 Å². The second kappa shape index (κ2) is 8.67. The maximum absolute atomic E-state index is 12.9. The van der Waals surface area contributed by atoms with E-state index in [1.165, 1.54) is 17.6 Å². The summed E-state index contributed by atoms with van der Waals surface area (Å²) in [6.07, 6.45) is 3.61. The number of aryl methyl sites for hydroxylation is 1.